The third kappa shape index (κ3) is 3.69. The minimum Gasteiger partial charge on any atom is -0.311 e. The Morgan fingerprint density at radius 2 is 1.95 bits per heavy atom. The highest BCUT2D eigenvalue weighted by molar-refractivity contribution is 8.00. The van der Waals surface area contributed by atoms with E-state index in [1.165, 1.54) is 32.1 Å². The summed E-state index contributed by atoms with van der Waals surface area (Å²) in [6, 6.07) is 4.35. The highest BCUT2D eigenvalue weighted by Crippen LogP contribution is 2.38. The molecule has 4 heteroatoms. The summed E-state index contributed by atoms with van der Waals surface area (Å²) in [5.74, 6) is -1.49. The minimum atomic E-state index is -0.767. The van der Waals surface area contributed by atoms with Gasteiger partial charge in [0.25, 0.3) is 0 Å². The van der Waals surface area contributed by atoms with Crippen molar-refractivity contribution in [1.82, 2.24) is 5.32 Å². The van der Waals surface area contributed by atoms with Crippen molar-refractivity contribution >= 4 is 11.8 Å². The van der Waals surface area contributed by atoms with Crippen LogP contribution >= 0.6 is 11.8 Å². The van der Waals surface area contributed by atoms with Crippen molar-refractivity contribution in [3.05, 3.63) is 35.4 Å². The fourth-order valence-corrected chi connectivity index (χ4v) is 3.70. The molecule has 19 heavy (non-hydrogen) atoms. The number of hydrogen-bond acceptors (Lipinski definition) is 2. The van der Waals surface area contributed by atoms with Gasteiger partial charge in [0.1, 0.15) is 0 Å². The fraction of sp³-hybridized carbons (Fsp3) is 0.600. The van der Waals surface area contributed by atoms with Crippen LogP contribution in [0.15, 0.2) is 18.2 Å². The molecule has 0 radical (unpaired) electrons. The average molecular weight is 285 g/mol. The quantitative estimate of drug-likeness (QED) is 0.873. The van der Waals surface area contributed by atoms with Crippen molar-refractivity contribution in [2.24, 2.45) is 0 Å². The third-order valence-corrected chi connectivity index (χ3v) is 5.41. The van der Waals surface area contributed by atoms with E-state index >= 15 is 0 Å². The monoisotopic (exact) mass is 285 g/mol. The van der Waals surface area contributed by atoms with E-state index in [2.05, 4.69) is 11.6 Å². The predicted octanol–water partition coefficient (Wildman–Crippen LogP) is 4.12. The maximum atomic E-state index is 13.5. The molecule has 1 nitrogen and oxygen atoms in total. The molecule has 0 atom stereocenters. The van der Waals surface area contributed by atoms with Crippen LogP contribution in [-0.4, -0.2) is 17.5 Å². The molecular formula is C15H21F2NS. The van der Waals surface area contributed by atoms with E-state index in [0.29, 0.717) is 12.1 Å². The van der Waals surface area contributed by atoms with Gasteiger partial charge in [-0.1, -0.05) is 31.4 Å². The Hall–Kier alpha value is -0.610. The maximum absolute atomic E-state index is 13.5. The number of thioether (sulfide) groups is 1. The standard InChI is InChI=1S/C15H21F2NS/c1-19-15(8-3-2-4-9-15)11-18-10-12-6-5-7-13(16)14(12)17/h5-7,18H,2-4,8-11H2,1H3. The molecule has 1 fully saturated rings. The topological polar surface area (TPSA) is 12.0 Å². The lowest BCUT2D eigenvalue weighted by molar-refractivity contribution is 0.377. The Kier molecular flexibility index (Phi) is 5.22. The van der Waals surface area contributed by atoms with Gasteiger partial charge in [0.15, 0.2) is 11.6 Å². The molecule has 0 aromatic heterocycles. The smallest absolute Gasteiger partial charge is 0.163 e. The molecule has 2 rings (SSSR count). The second-order valence-electron chi connectivity index (χ2n) is 5.26. The van der Waals surface area contributed by atoms with Gasteiger partial charge in [0, 0.05) is 23.4 Å². The van der Waals surface area contributed by atoms with E-state index in [1.807, 2.05) is 11.8 Å². The van der Waals surface area contributed by atoms with E-state index in [4.69, 9.17) is 0 Å². The molecule has 1 aromatic rings. The van der Waals surface area contributed by atoms with Crippen molar-refractivity contribution in [1.29, 1.82) is 0 Å². The van der Waals surface area contributed by atoms with Crippen LogP contribution in [0.3, 0.4) is 0 Å². The second kappa shape index (κ2) is 6.71. The highest BCUT2D eigenvalue weighted by atomic mass is 32.2. The first-order chi connectivity index (χ1) is 9.17. The zero-order valence-electron chi connectivity index (χ0n) is 11.3. The van der Waals surface area contributed by atoms with E-state index < -0.39 is 11.6 Å². The molecule has 1 N–H and O–H groups in total. The van der Waals surface area contributed by atoms with E-state index in [0.717, 1.165) is 12.6 Å². The summed E-state index contributed by atoms with van der Waals surface area (Å²) in [4.78, 5) is 0. The van der Waals surface area contributed by atoms with E-state index in [-0.39, 0.29) is 4.75 Å². The molecule has 0 bridgehead atoms. The van der Waals surface area contributed by atoms with Crippen LogP contribution in [0.25, 0.3) is 0 Å². The molecule has 0 spiro atoms. The van der Waals surface area contributed by atoms with Gasteiger partial charge in [0.05, 0.1) is 0 Å². The third-order valence-electron chi connectivity index (χ3n) is 3.99. The van der Waals surface area contributed by atoms with E-state index in [9.17, 15) is 8.78 Å². The number of nitrogens with one attached hydrogen (secondary N) is 1. The van der Waals surface area contributed by atoms with Gasteiger partial charge >= 0.3 is 0 Å². The number of hydrogen-bond donors (Lipinski definition) is 1. The van der Waals surface area contributed by atoms with Gasteiger partial charge in [0.2, 0.25) is 0 Å². The number of halogens is 2. The predicted molar refractivity (Wildman–Crippen MR) is 77.4 cm³/mol. The van der Waals surface area contributed by atoms with Crippen LogP contribution in [0, 0.1) is 11.6 Å². The van der Waals surface area contributed by atoms with Crippen LogP contribution < -0.4 is 5.32 Å². The van der Waals surface area contributed by atoms with E-state index in [1.54, 1.807) is 12.1 Å². The first-order valence-electron chi connectivity index (χ1n) is 6.86. The number of rotatable bonds is 5. The van der Waals surface area contributed by atoms with Crippen molar-refractivity contribution in [2.45, 2.75) is 43.4 Å². The fourth-order valence-electron chi connectivity index (χ4n) is 2.76. The van der Waals surface area contributed by atoms with Crippen molar-refractivity contribution in [3.63, 3.8) is 0 Å². The Balaban J connectivity index is 1.90. The van der Waals surface area contributed by atoms with Crippen LogP contribution in [-0.2, 0) is 6.54 Å². The summed E-state index contributed by atoms with van der Waals surface area (Å²) >= 11 is 1.91. The lowest BCUT2D eigenvalue weighted by Gasteiger charge is -2.36. The lowest BCUT2D eigenvalue weighted by Crippen LogP contribution is -2.39. The van der Waals surface area contributed by atoms with Crippen LogP contribution in [0.4, 0.5) is 8.78 Å². The van der Waals surface area contributed by atoms with Gasteiger partial charge in [-0.25, -0.2) is 8.78 Å². The molecule has 1 aromatic carbocycles. The summed E-state index contributed by atoms with van der Waals surface area (Å²) < 4.78 is 26.9. The zero-order valence-corrected chi connectivity index (χ0v) is 12.2. The molecule has 0 heterocycles. The summed E-state index contributed by atoms with van der Waals surface area (Å²) in [6.07, 6.45) is 8.45. The Bertz CT molecular complexity index is 417. The Morgan fingerprint density at radius 3 is 2.63 bits per heavy atom. The SMILES string of the molecule is CSC1(CNCc2cccc(F)c2F)CCCCC1. The van der Waals surface area contributed by atoms with Gasteiger partial charge in [-0.15, -0.1) is 0 Å². The first-order valence-corrected chi connectivity index (χ1v) is 8.08. The van der Waals surface area contributed by atoms with Gasteiger partial charge < -0.3 is 5.32 Å². The molecule has 0 saturated heterocycles. The minimum absolute atomic E-state index is 0.280. The summed E-state index contributed by atoms with van der Waals surface area (Å²) in [5, 5.41) is 3.30. The Labute approximate surface area is 118 Å². The normalized spacial score (nSPS) is 18.5. The van der Waals surface area contributed by atoms with Crippen molar-refractivity contribution < 1.29 is 8.78 Å². The molecule has 1 aliphatic carbocycles. The van der Waals surface area contributed by atoms with Crippen LogP contribution in [0.2, 0.25) is 0 Å². The van der Waals surface area contributed by atoms with Gasteiger partial charge in [-0.2, -0.15) is 11.8 Å². The summed E-state index contributed by atoms with van der Waals surface area (Å²) in [5.41, 5.74) is 0.409. The summed E-state index contributed by atoms with van der Waals surface area (Å²) in [6.45, 7) is 1.26. The number of benzene rings is 1. The lowest BCUT2D eigenvalue weighted by atomic mass is 9.88. The van der Waals surface area contributed by atoms with Gasteiger partial charge in [-0.05, 0) is 25.2 Å². The molecule has 0 amide bonds. The molecular weight excluding hydrogens is 264 g/mol. The zero-order chi connectivity index (χ0) is 13.7. The second-order valence-corrected chi connectivity index (χ2v) is 6.54. The summed E-state index contributed by atoms with van der Waals surface area (Å²) in [7, 11) is 0. The highest BCUT2D eigenvalue weighted by Gasteiger charge is 2.30. The van der Waals surface area contributed by atoms with Crippen molar-refractivity contribution in [2.75, 3.05) is 12.8 Å². The Morgan fingerprint density at radius 1 is 1.21 bits per heavy atom. The van der Waals surface area contributed by atoms with Crippen LogP contribution in [0.1, 0.15) is 37.7 Å². The molecule has 106 valence electrons. The molecule has 0 unspecified atom stereocenters. The molecule has 1 aliphatic rings. The van der Waals surface area contributed by atoms with Gasteiger partial charge in [-0.3, -0.25) is 0 Å². The maximum Gasteiger partial charge on any atom is 0.163 e. The van der Waals surface area contributed by atoms with Crippen LogP contribution in [0.5, 0.6) is 0 Å². The van der Waals surface area contributed by atoms with Crippen molar-refractivity contribution in [3.8, 4) is 0 Å². The first kappa shape index (κ1) is 14.8. The molecule has 1 saturated carbocycles. The molecule has 0 aliphatic heterocycles. The largest absolute Gasteiger partial charge is 0.311 e. The average Bonchev–Trinajstić information content (AvgIpc) is 2.44.